The second-order valence-corrected chi connectivity index (χ2v) is 3.55. The molecule has 0 N–H and O–H groups in total. The summed E-state index contributed by atoms with van der Waals surface area (Å²) >= 11 is 8.54. The topological polar surface area (TPSA) is 77.8 Å². The molecule has 16 heavy (non-hydrogen) atoms. The normalized spacial score (nSPS) is 9.75. The van der Waals surface area contributed by atoms with Gasteiger partial charge in [0.2, 0.25) is 11.8 Å². The third-order valence-corrected chi connectivity index (χ3v) is 2.12. The lowest BCUT2D eigenvalue weighted by Gasteiger charge is -1.72. The van der Waals surface area contributed by atoms with Crippen molar-refractivity contribution in [3.63, 3.8) is 0 Å². The number of aromatic nitrogens is 4. The second kappa shape index (κ2) is 6.59. The first kappa shape index (κ1) is 13.1. The van der Waals surface area contributed by atoms with Gasteiger partial charge in [0.25, 0.3) is 0 Å². The fraction of sp³-hybridized carbons (Fsp3) is 0.500. The molecule has 0 amide bonds. The summed E-state index contributed by atoms with van der Waals surface area (Å²) in [4.78, 5) is 7.72. The maximum Gasteiger partial charge on any atom is 0.223 e. The van der Waals surface area contributed by atoms with E-state index in [1.165, 1.54) is 0 Å². The van der Waals surface area contributed by atoms with Gasteiger partial charge in [0.05, 0.1) is 11.2 Å². The van der Waals surface area contributed by atoms with Crippen LogP contribution in [0.2, 0.25) is 0 Å². The van der Waals surface area contributed by atoms with Gasteiger partial charge in [-0.05, 0) is 0 Å². The van der Waals surface area contributed by atoms with Crippen molar-refractivity contribution < 1.29 is 9.05 Å². The van der Waals surface area contributed by atoms with Gasteiger partial charge in [-0.25, -0.2) is 0 Å². The summed E-state index contributed by atoms with van der Waals surface area (Å²) < 4.78 is 9.27. The molecular weight excluding hydrogens is 299 g/mol. The monoisotopic (exact) mass is 308 g/mol. The molecule has 0 atom stereocenters. The summed E-state index contributed by atoms with van der Waals surface area (Å²) in [6, 6.07) is 0. The Labute approximate surface area is 105 Å². The fourth-order valence-corrected chi connectivity index (χ4v) is 1.13. The fourth-order valence-electron chi connectivity index (χ4n) is 0.791. The lowest BCUT2D eigenvalue weighted by Crippen LogP contribution is -1.77. The Kier molecular flexibility index (Phi) is 5.41. The molecule has 8 heteroatoms. The number of halogens is 2. The van der Waals surface area contributed by atoms with Gasteiger partial charge >= 0.3 is 0 Å². The van der Waals surface area contributed by atoms with E-state index in [2.05, 4.69) is 45.3 Å². The quantitative estimate of drug-likeness (QED) is 0.793. The van der Waals surface area contributed by atoms with Crippen LogP contribution >= 0.6 is 27.5 Å². The van der Waals surface area contributed by atoms with E-state index in [1.807, 2.05) is 0 Å². The standard InChI is InChI=1S/C4H5BrN2O.C4H5ClN2O/c2*1-3-6-4(2-5)7-8-3/h2*2H2,1H3. The molecule has 2 heterocycles. The number of rotatable bonds is 2. The van der Waals surface area contributed by atoms with Crippen LogP contribution in [0.3, 0.4) is 0 Å². The van der Waals surface area contributed by atoms with E-state index in [4.69, 9.17) is 11.6 Å². The summed E-state index contributed by atoms with van der Waals surface area (Å²) in [5.74, 6) is 2.73. The third-order valence-electron chi connectivity index (χ3n) is 1.38. The maximum atomic E-state index is 5.36. The van der Waals surface area contributed by atoms with Crippen molar-refractivity contribution in [3.8, 4) is 0 Å². The molecule has 88 valence electrons. The van der Waals surface area contributed by atoms with Gasteiger partial charge in [0.1, 0.15) is 0 Å². The van der Waals surface area contributed by atoms with Gasteiger partial charge in [-0.3, -0.25) is 0 Å². The Hall–Kier alpha value is -0.950. The highest BCUT2D eigenvalue weighted by molar-refractivity contribution is 9.08. The van der Waals surface area contributed by atoms with Crippen molar-refractivity contribution in [2.75, 3.05) is 0 Å². The predicted octanol–water partition coefficient (Wildman–Crippen LogP) is 2.39. The summed E-state index contributed by atoms with van der Waals surface area (Å²) in [5.41, 5.74) is 0. The SMILES string of the molecule is Cc1nc(CBr)no1.Cc1nc(CCl)no1. The van der Waals surface area contributed by atoms with Crippen molar-refractivity contribution in [1.82, 2.24) is 20.3 Å². The van der Waals surface area contributed by atoms with Crippen LogP contribution in [0.5, 0.6) is 0 Å². The average Bonchev–Trinajstić information content (AvgIpc) is 2.88. The maximum absolute atomic E-state index is 5.36. The number of aryl methyl sites for hydroxylation is 2. The Morgan fingerprint density at radius 2 is 1.56 bits per heavy atom. The van der Waals surface area contributed by atoms with Crippen LogP contribution < -0.4 is 0 Å². The Bertz CT molecular complexity index is 391. The summed E-state index contributed by atoms with van der Waals surface area (Å²) in [6.07, 6.45) is 0. The van der Waals surface area contributed by atoms with Gasteiger partial charge in [-0.2, -0.15) is 9.97 Å². The van der Waals surface area contributed by atoms with Crippen molar-refractivity contribution in [2.24, 2.45) is 0 Å². The van der Waals surface area contributed by atoms with Crippen LogP contribution in [-0.2, 0) is 11.2 Å². The first-order chi connectivity index (χ1) is 7.65. The van der Waals surface area contributed by atoms with E-state index in [-0.39, 0.29) is 0 Å². The molecule has 0 aliphatic carbocycles. The van der Waals surface area contributed by atoms with E-state index < -0.39 is 0 Å². The van der Waals surface area contributed by atoms with Crippen LogP contribution in [0.15, 0.2) is 9.05 Å². The minimum atomic E-state index is 0.317. The molecule has 0 fully saturated rings. The Morgan fingerprint density at radius 1 is 1.06 bits per heavy atom. The minimum Gasteiger partial charge on any atom is -0.340 e. The van der Waals surface area contributed by atoms with Gasteiger partial charge in [-0.1, -0.05) is 26.2 Å². The van der Waals surface area contributed by atoms with Gasteiger partial charge < -0.3 is 9.05 Å². The minimum absolute atomic E-state index is 0.317. The zero-order chi connectivity index (χ0) is 12.0. The molecule has 0 aliphatic heterocycles. The molecule has 0 aliphatic rings. The first-order valence-electron chi connectivity index (χ1n) is 4.36. The van der Waals surface area contributed by atoms with E-state index in [0.29, 0.717) is 34.6 Å². The van der Waals surface area contributed by atoms with Gasteiger partial charge in [0.15, 0.2) is 11.6 Å². The molecule has 2 rings (SSSR count). The summed E-state index contributed by atoms with van der Waals surface area (Å²) in [5, 5.41) is 7.77. The van der Waals surface area contributed by atoms with Gasteiger partial charge in [0, 0.05) is 13.8 Å². The smallest absolute Gasteiger partial charge is 0.223 e. The number of alkyl halides is 2. The van der Waals surface area contributed by atoms with Crippen molar-refractivity contribution >= 4 is 27.5 Å². The van der Waals surface area contributed by atoms with Crippen molar-refractivity contribution in [3.05, 3.63) is 23.4 Å². The first-order valence-corrected chi connectivity index (χ1v) is 6.01. The largest absolute Gasteiger partial charge is 0.340 e. The zero-order valence-corrected chi connectivity index (χ0v) is 11.1. The van der Waals surface area contributed by atoms with E-state index in [9.17, 15) is 0 Å². The number of hydrogen-bond donors (Lipinski definition) is 0. The third kappa shape index (κ3) is 4.28. The molecule has 2 aromatic rings. The Balaban J connectivity index is 0.000000160. The number of hydrogen-bond acceptors (Lipinski definition) is 6. The zero-order valence-electron chi connectivity index (χ0n) is 8.78. The molecule has 0 aromatic carbocycles. The molecule has 0 saturated carbocycles. The molecule has 2 aromatic heterocycles. The van der Waals surface area contributed by atoms with Crippen LogP contribution in [0, 0.1) is 13.8 Å². The van der Waals surface area contributed by atoms with Crippen LogP contribution in [0.4, 0.5) is 0 Å². The second-order valence-electron chi connectivity index (χ2n) is 2.73. The summed E-state index contributed by atoms with van der Waals surface area (Å²) in [7, 11) is 0. The molecular formula is C8H10BrClN4O2. The number of nitrogens with zero attached hydrogens (tertiary/aromatic N) is 4. The lowest BCUT2D eigenvalue weighted by atomic mass is 10.7. The highest BCUT2D eigenvalue weighted by Gasteiger charge is 1.97. The lowest BCUT2D eigenvalue weighted by molar-refractivity contribution is 0.389. The highest BCUT2D eigenvalue weighted by atomic mass is 79.9. The van der Waals surface area contributed by atoms with Crippen LogP contribution in [0.25, 0.3) is 0 Å². The highest BCUT2D eigenvalue weighted by Crippen LogP contribution is 1.98. The molecule has 0 radical (unpaired) electrons. The van der Waals surface area contributed by atoms with E-state index >= 15 is 0 Å². The van der Waals surface area contributed by atoms with Crippen molar-refractivity contribution in [1.29, 1.82) is 0 Å². The molecule has 0 bridgehead atoms. The van der Waals surface area contributed by atoms with E-state index in [1.54, 1.807) is 13.8 Å². The van der Waals surface area contributed by atoms with E-state index in [0.717, 1.165) is 0 Å². The predicted molar refractivity (Wildman–Crippen MR) is 60.3 cm³/mol. The summed E-state index contributed by atoms with van der Waals surface area (Å²) in [6.45, 7) is 3.49. The molecule has 0 unspecified atom stereocenters. The van der Waals surface area contributed by atoms with Gasteiger partial charge in [-0.15, -0.1) is 11.6 Å². The molecule has 0 saturated heterocycles. The molecule has 0 spiro atoms. The average molecular weight is 310 g/mol. The Morgan fingerprint density at radius 3 is 1.75 bits per heavy atom. The molecule has 6 nitrogen and oxygen atoms in total. The van der Waals surface area contributed by atoms with Crippen LogP contribution in [-0.4, -0.2) is 20.3 Å². The van der Waals surface area contributed by atoms with Crippen molar-refractivity contribution in [2.45, 2.75) is 25.1 Å². The van der Waals surface area contributed by atoms with Crippen LogP contribution in [0.1, 0.15) is 23.4 Å².